The lowest BCUT2D eigenvalue weighted by molar-refractivity contribution is 0.0576. The van der Waals surface area contributed by atoms with Gasteiger partial charge in [-0.05, 0) is 36.6 Å². The summed E-state index contributed by atoms with van der Waals surface area (Å²) in [6.45, 7) is 3.99. The molecular weight excluding hydrogens is 278 g/mol. The van der Waals surface area contributed by atoms with Gasteiger partial charge in [0.1, 0.15) is 0 Å². The predicted molar refractivity (Wildman–Crippen MR) is 88.7 cm³/mol. The van der Waals surface area contributed by atoms with E-state index < -0.39 is 5.60 Å². The zero-order valence-corrected chi connectivity index (χ0v) is 13.2. The number of hydrogen-bond donors (Lipinski definition) is 1. The Bertz CT molecular complexity index is 710. The summed E-state index contributed by atoms with van der Waals surface area (Å²) in [5, 5.41) is 11.8. The second-order valence-corrected chi connectivity index (χ2v) is 6.69. The molecule has 108 valence electrons. The topological polar surface area (TPSA) is 33.1 Å². The van der Waals surface area contributed by atoms with E-state index in [4.69, 9.17) is 0 Å². The molecule has 2 aromatic carbocycles. The van der Waals surface area contributed by atoms with Gasteiger partial charge in [0.05, 0.1) is 20.8 Å². The van der Waals surface area contributed by atoms with Crippen LogP contribution in [0.3, 0.4) is 0 Å². The van der Waals surface area contributed by atoms with Gasteiger partial charge in [-0.2, -0.15) is 0 Å². The van der Waals surface area contributed by atoms with Crippen molar-refractivity contribution in [1.29, 1.82) is 0 Å². The maximum atomic E-state index is 10.8. The van der Waals surface area contributed by atoms with E-state index in [0.717, 1.165) is 22.5 Å². The molecule has 0 amide bonds. The second kappa shape index (κ2) is 5.58. The number of aromatic nitrogens is 1. The van der Waals surface area contributed by atoms with E-state index in [1.165, 1.54) is 10.3 Å². The molecule has 0 aliphatic heterocycles. The molecule has 21 heavy (non-hydrogen) atoms. The van der Waals surface area contributed by atoms with Gasteiger partial charge in [0.25, 0.3) is 0 Å². The number of nitrogens with zero attached hydrogens (tertiary/aromatic N) is 1. The van der Waals surface area contributed by atoms with Crippen LogP contribution in [0, 0.1) is 0 Å². The minimum atomic E-state index is -0.889. The van der Waals surface area contributed by atoms with Gasteiger partial charge in [-0.1, -0.05) is 43.3 Å². The second-order valence-electron chi connectivity index (χ2n) is 5.58. The molecule has 0 saturated carbocycles. The van der Waals surface area contributed by atoms with Gasteiger partial charge in [-0.25, -0.2) is 4.98 Å². The van der Waals surface area contributed by atoms with E-state index in [9.17, 15) is 5.11 Å². The third kappa shape index (κ3) is 2.99. The summed E-state index contributed by atoms with van der Waals surface area (Å²) in [6.07, 6.45) is 1.55. The molecule has 0 saturated heterocycles. The largest absolute Gasteiger partial charge is 0.385 e. The molecular formula is C18H19NOS. The lowest BCUT2D eigenvalue weighted by Gasteiger charge is -2.23. The molecule has 0 bridgehead atoms. The molecule has 3 rings (SSSR count). The summed E-state index contributed by atoms with van der Waals surface area (Å²) in [5.41, 5.74) is 2.35. The first-order valence-corrected chi connectivity index (χ1v) is 8.06. The fraction of sp³-hybridized carbons (Fsp3) is 0.278. The lowest BCUT2D eigenvalue weighted by atomic mass is 9.92. The summed E-state index contributed by atoms with van der Waals surface area (Å²) < 4.78 is 1.17. The molecule has 1 N–H and O–H groups in total. The average molecular weight is 297 g/mol. The Morgan fingerprint density at radius 2 is 1.81 bits per heavy atom. The van der Waals surface area contributed by atoms with Gasteiger partial charge >= 0.3 is 0 Å². The predicted octanol–water partition coefficient (Wildman–Crippen LogP) is 4.31. The summed E-state index contributed by atoms with van der Waals surface area (Å²) in [7, 11) is 0. The van der Waals surface area contributed by atoms with Gasteiger partial charge < -0.3 is 5.11 Å². The van der Waals surface area contributed by atoms with Gasteiger partial charge in [0, 0.05) is 6.42 Å². The first-order valence-electron chi connectivity index (χ1n) is 7.25. The van der Waals surface area contributed by atoms with Gasteiger partial charge in [0.2, 0.25) is 0 Å². The van der Waals surface area contributed by atoms with E-state index >= 15 is 0 Å². The van der Waals surface area contributed by atoms with Crippen molar-refractivity contribution in [3.8, 4) is 0 Å². The monoisotopic (exact) mass is 297 g/mol. The number of rotatable bonds is 4. The van der Waals surface area contributed by atoms with Crippen LogP contribution in [0.5, 0.6) is 0 Å². The molecule has 0 spiro atoms. The summed E-state index contributed by atoms with van der Waals surface area (Å²) in [5.74, 6) is 0. The quantitative estimate of drug-likeness (QED) is 0.778. The Balaban J connectivity index is 1.86. The van der Waals surface area contributed by atoms with Crippen LogP contribution in [-0.2, 0) is 18.4 Å². The number of aryl methyl sites for hydroxylation is 1. The van der Waals surface area contributed by atoms with E-state index in [0.29, 0.717) is 6.42 Å². The van der Waals surface area contributed by atoms with Crippen molar-refractivity contribution >= 4 is 21.6 Å². The SMILES string of the molecule is CCc1ccc(C(C)(O)Cc2nc3ccccc3s2)cc1. The van der Waals surface area contributed by atoms with Crippen LogP contribution >= 0.6 is 11.3 Å². The fourth-order valence-electron chi connectivity index (χ4n) is 2.49. The summed E-state index contributed by atoms with van der Waals surface area (Å²) >= 11 is 1.66. The third-order valence-corrected chi connectivity index (χ3v) is 4.85. The van der Waals surface area contributed by atoms with E-state index in [2.05, 4.69) is 30.1 Å². The van der Waals surface area contributed by atoms with Crippen LogP contribution in [0.2, 0.25) is 0 Å². The zero-order valence-electron chi connectivity index (χ0n) is 12.3. The average Bonchev–Trinajstić information content (AvgIpc) is 2.88. The number of aliphatic hydroxyl groups is 1. The fourth-order valence-corrected chi connectivity index (χ4v) is 3.61. The van der Waals surface area contributed by atoms with Gasteiger partial charge in [0.15, 0.2) is 0 Å². The number of benzene rings is 2. The van der Waals surface area contributed by atoms with Gasteiger partial charge in [-0.15, -0.1) is 11.3 Å². The van der Waals surface area contributed by atoms with E-state index in [1.54, 1.807) is 11.3 Å². The Morgan fingerprint density at radius 1 is 1.10 bits per heavy atom. The van der Waals surface area contributed by atoms with Crippen LogP contribution in [0.4, 0.5) is 0 Å². The highest BCUT2D eigenvalue weighted by Gasteiger charge is 2.25. The number of hydrogen-bond acceptors (Lipinski definition) is 3. The molecule has 0 aliphatic carbocycles. The van der Waals surface area contributed by atoms with Crippen molar-refractivity contribution < 1.29 is 5.11 Å². The molecule has 2 nitrogen and oxygen atoms in total. The molecule has 0 fully saturated rings. The zero-order chi connectivity index (χ0) is 14.9. The van der Waals surface area contributed by atoms with Crippen molar-refractivity contribution in [2.24, 2.45) is 0 Å². The maximum Gasteiger partial charge on any atom is 0.0970 e. The van der Waals surface area contributed by atoms with Crippen molar-refractivity contribution in [1.82, 2.24) is 4.98 Å². The minimum absolute atomic E-state index is 0.540. The number of para-hydroxylation sites is 1. The molecule has 0 radical (unpaired) electrons. The highest BCUT2D eigenvalue weighted by atomic mass is 32.1. The van der Waals surface area contributed by atoms with Crippen molar-refractivity contribution in [3.05, 3.63) is 64.7 Å². The molecule has 1 unspecified atom stereocenters. The van der Waals surface area contributed by atoms with Crippen LogP contribution in [-0.4, -0.2) is 10.1 Å². The number of thiazole rings is 1. The van der Waals surface area contributed by atoms with E-state index in [1.807, 2.05) is 37.3 Å². The normalized spacial score (nSPS) is 14.2. The van der Waals surface area contributed by atoms with Crippen molar-refractivity contribution in [3.63, 3.8) is 0 Å². The van der Waals surface area contributed by atoms with Gasteiger partial charge in [-0.3, -0.25) is 0 Å². The van der Waals surface area contributed by atoms with Crippen LogP contribution in [0.1, 0.15) is 30.0 Å². The van der Waals surface area contributed by atoms with Crippen molar-refractivity contribution in [2.45, 2.75) is 32.3 Å². The van der Waals surface area contributed by atoms with Crippen molar-refractivity contribution in [2.75, 3.05) is 0 Å². The maximum absolute atomic E-state index is 10.8. The summed E-state index contributed by atoms with van der Waals surface area (Å²) in [6, 6.07) is 16.3. The van der Waals surface area contributed by atoms with Crippen LogP contribution in [0.25, 0.3) is 10.2 Å². The molecule has 0 aliphatic rings. The first-order chi connectivity index (χ1) is 10.1. The Labute approximate surface area is 129 Å². The first kappa shape index (κ1) is 14.2. The molecule has 3 aromatic rings. The Kier molecular flexibility index (Phi) is 3.79. The smallest absolute Gasteiger partial charge is 0.0970 e. The standard InChI is InChI=1S/C18H19NOS/c1-3-13-8-10-14(11-9-13)18(2,20)12-17-19-15-6-4-5-7-16(15)21-17/h4-11,20H,3,12H2,1-2H3. The molecule has 1 aromatic heterocycles. The van der Waals surface area contributed by atoms with Crippen LogP contribution < -0.4 is 0 Å². The lowest BCUT2D eigenvalue weighted by Crippen LogP contribution is -2.24. The highest BCUT2D eigenvalue weighted by molar-refractivity contribution is 7.18. The summed E-state index contributed by atoms with van der Waals surface area (Å²) in [4.78, 5) is 4.62. The third-order valence-electron chi connectivity index (χ3n) is 3.82. The Hall–Kier alpha value is -1.71. The Morgan fingerprint density at radius 3 is 2.48 bits per heavy atom. The highest BCUT2D eigenvalue weighted by Crippen LogP contribution is 2.30. The molecule has 1 heterocycles. The van der Waals surface area contributed by atoms with Crippen LogP contribution in [0.15, 0.2) is 48.5 Å². The molecule has 3 heteroatoms. The number of fused-ring (bicyclic) bond motifs is 1. The molecule has 1 atom stereocenters. The minimum Gasteiger partial charge on any atom is -0.385 e. The van der Waals surface area contributed by atoms with E-state index in [-0.39, 0.29) is 0 Å².